The zero-order chi connectivity index (χ0) is 11.4. The number of rotatable bonds is 3. The number of primary amides is 1. The highest BCUT2D eigenvalue weighted by Crippen LogP contribution is 2.20. The van der Waals surface area contributed by atoms with E-state index in [1.54, 1.807) is 11.8 Å². The van der Waals surface area contributed by atoms with E-state index < -0.39 is 11.9 Å². The van der Waals surface area contributed by atoms with Gasteiger partial charge in [0.15, 0.2) is 0 Å². The van der Waals surface area contributed by atoms with Crippen LogP contribution in [0.4, 0.5) is 0 Å². The molecule has 0 aromatic heterocycles. The molecule has 1 aliphatic heterocycles. The van der Waals surface area contributed by atoms with Gasteiger partial charge in [-0.15, -0.1) is 5.92 Å². The van der Waals surface area contributed by atoms with E-state index in [0.29, 0.717) is 19.4 Å². The minimum absolute atomic E-state index is 0.0200. The average Bonchev–Trinajstić information content (AvgIpc) is 2.49. The van der Waals surface area contributed by atoms with E-state index in [4.69, 9.17) is 5.73 Å². The normalized spacial score (nSPS) is 22.1. The third kappa shape index (κ3) is 2.50. The summed E-state index contributed by atoms with van der Waals surface area (Å²) >= 11 is 0. The summed E-state index contributed by atoms with van der Waals surface area (Å²) in [6.45, 7) is 4.13. The first-order valence-electron chi connectivity index (χ1n) is 5.11. The van der Waals surface area contributed by atoms with E-state index in [2.05, 4.69) is 11.8 Å². The Balaban J connectivity index is 2.74. The number of nitrogens with two attached hydrogens (primary N) is 1. The van der Waals surface area contributed by atoms with Crippen LogP contribution in [0.1, 0.15) is 26.7 Å². The van der Waals surface area contributed by atoms with Gasteiger partial charge in [-0.25, -0.2) is 0 Å². The molecule has 1 fully saturated rings. The van der Waals surface area contributed by atoms with Crippen molar-refractivity contribution in [1.82, 2.24) is 4.90 Å². The van der Waals surface area contributed by atoms with Gasteiger partial charge in [0.1, 0.15) is 6.04 Å². The van der Waals surface area contributed by atoms with Crippen molar-refractivity contribution < 1.29 is 9.59 Å². The van der Waals surface area contributed by atoms with Crippen molar-refractivity contribution in [3.8, 4) is 11.8 Å². The van der Waals surface area contributed by atoms with E-state index in [-0.39, 0.29) is 11.8 Å². The number of hydrogen-bond acceptors (Lipinski definition) is 2. The number of carbonyl (C=O) groups excluding carboxylic acids is 2. The number of amides is 2. The fraction of sp³-hybridized carbons (Fsp3) is 0.636. The maximum atomic E-state index is 11.6. The van der Waals surface area contributed by atoms with Gasteiger partial charge in [-0.3, -0.25) is 9.59 Å². The molecule has 2 amide bonds. The van der Waals surface area contributed by atoms with Crippen LogP contribution >= 0.6 is 0 Å². The zero-order valence-electron chi connectivity index (χ0n) is 9.12. The lowest BCUT2D eigenvalue weighted by Crippen LogP contribution is -2.45. The van der Waals surface area contributed by atoms with Crippen molar-refractivity contribution in [2.24, 2.45) is 11.7 Å². The Kier molecular flexibility index (Phi) is 3.73. The molecule has 1 unspecified atom stereocenters. The second-order valence-electron chi connectivity index (χ2n) is 3.67. The van der Waals surface area contributed by atoms with Crippen molar-refractivity contribution in [2.45, 2.75) is 32.7 Å². The van der Waals surface area contributed by atoms with Gasteiger partial charge in [0.25, 0.3) is 0 Å². The summed E-state index contributed by atoms with van der Waals surface area (Å²) in [6, 6.07) is -0.471. The number of likely N-dealkylation sites (tertiary alicyclic amines) is 1. The Morgan fingerprint density at radius 2 is 2.40 bits per heavy atom. The van der Waals surface area contributed by atoms with Crippen LogP contribution in [-0.2, 0) is 9.59 Å². The van der Waals surface area contributed by atoms with Crippen molar-refractivity contribution in [3.63, 3.8) is 0 Å². The molecule has 0 radical (unpaired) electrons. The molecule has 15 heavy (non-hydrogen) atoms. The minimum atomic E-state index is -0.471. The second kappa shape index (κ2) is 4.83. The maximum Gasteiger partial charge on any atom is 0.240 e. The number of carbonyl (C=O) groups is 2. The van der Waals surface area contributed by atoms with Crippen LogP contribution in [0.2, 0.25) is 0 Å². The van der Waals surface area contributed by atoms with Gasteiger partial charge in [0.2, 0.25) is 11.8 Å². The van der Waals surface area contributed by atoms with Gasteiger partial charge < -0.3 is 10.6 Å². The highest BCUT2D eigenvalue weighted by Gasteiger charge is 2.35. The summed E-state index contributed by atoms with van der Waals surface area (Å²) in [5, 5.41) is 0. The Hall–Kier alpha value is -1.50. The quantitative estimate of drug-likeness (QED) is 0.670. The molecule has 2 N–H and O–H groups in total. The third-order valence-electron chi connectivity index (χ3n) is 2.60. The lowest BCUT2D eigenvalue weighted by atomic mass is 10.1. The molecule has 1 saturated heterocycles. The molecular formula is C11H16N2O2. The van der Waals surface area contributed by atoms with E-state index in [9.17, 15) is 9.59 Å². The molecule has 2 atom stereocenters. The van der Waals surface area contributed by atoms with Gasteiger partial charge in [-0.2, -0.15) is 0 Å². The molecule has 0 aromatic carbocycles. The molecule has 82 valence electrons. The van der Waals surface area contributed by atoms with Crippen LogP contribution in [0.5, 0.6) is 0 Å². The standard InChI is InChI=1S/C11H16N2O2/c1-3-5-8-6-10(14)13(7-8)9(4-2)11(12)15/h8-9H,4,6-7H2,1-2H3,(H2,12,15)/t8?,9-/m0/s1. The van der Waals surface area contributed by atoms with Gasteiger partial charge in [0.05, 0.1) is 0 Å². The van der Waals surface area contributed by atoms with Crippen LogP contribution in [0.15, 0.2) is 0 Å². The molecule has 1 heterocycles. The van der Waals surface area contributed by atoms with Crippen LogP contribution in [0.3, 0.4) is 0 Å². The Labute approximate surface area is 89.8 Å². The maximum absolute atomic E-state index is 11.6. The van der Waals surface area contributed by atoms with Crippen LogP contribution in [-0.4, -0.2) is 29.3 Å². The average molecular weight is 208 g/mol. The highest BCUT2D eigenvalue weighted by atomic mass is 16.2. The summed E-state index contributed by atoms with van der Waals surface area (Å²) < 4.78 is 0. The monoisotopic (exact) mass is 208 g/mol. The first kappa shape index (κ1) is 11.6. The summed E-state index contributed by atoms with van der Waals surface area (Å²) in [7, 11) is 0. The fourth-order valence-electron chi connectivity index (χ4n) is 1.91. The first-order chi connectivity index (χ1) is 7.10. The smallest absolute Gasteiger partial charge is 0.240 e. The Bertz CT molecular complexity index is 327. The highest BCUT2D eigenvalue weighted by molar-refractivity contribution is 5.88. The zero-order valence-corrected chi connectivity index (χ0v) is 9.12. The molecule has 1 aliphatic rings. The molecule has 0 aromatic rings. The molecule has 0 bridgehead atoms. The predicted molar refractivity (Wildman–Crippen MR) is 56.5 cm³/mol. The minimum Gasteiger partial charge on any atom is -0.368 e. The molecule has 4 nitrogen and oxygen atoms in total. The third-order valence-corrected chi connectivity index (χ3v) is 2.60. The second-order valence-corrected chi connectivity index (χ2v) is 3.67. The summed E-state index contributed by atoms with van der Waals surface area (Å²) in [5.41, 5.74) is 5.24. The SMILES string of the molecule is CC#CC1CC(=O)N([C@@H](CC)C(N)=O)C1. The molecule has 0 spiro atoms. The Morgan fingerprint density at radius 1 is 1.73 bits per heavy atom. The van der Waals surface area contributed by atoms with Crippen molar-refractivity contribution in [3.05, 3.63) is 0 Å². The summed E-state index contributed by atoms with van der Waals surface area (Å²) in [6.07, 6.45) is 0.970. The summed E-state index contributed by atoms with van der Waals surface area (Å²) in [5.74, 6) is 5.35. The van der Waals surface area contributed by atoms with Gasteiger partial charge in [-0.05, 0) is 13.3 Å². The lowest BCUT2D eigenvalue weighted by molar-refractivity contribution is -0.136. The number of hydrogen-bond donors (Lipinski definition) is 1. The van der Waals surface area contributed by atoms with Crippen LogP contribution < -0.4 is 5.73 Å². The molecule has 4 heteroatoms. The van der Waals surface area contributed by atoms with E-state index >= 15 is 0 Å². The largest absolute Gasteiger partial charge is 0.368 e. The molecule has 0 saturated carbocycles. The van der Waals surface area contributed by atoms with Gasteiger partial charge in [0, 0.05) is 18.9 Å². The summed E-state index contributed by atoms with van der Waals surface area (Å²) in [4.78, 5) is 24.3. The van der Waals surface area contributed by atoms with E-state index in [1.807, 2.05) is 6.92 Å². The van der Waals surface area contributed by atoms with Crippen molar-refractivity contribution in [2.75, 3.05) is 6.54 Å². The van der Waals surface area contributed by atoms with Gasteiger partial charge in [-0.1, -0.05) is 12.8 Å². The fourth-order valence-corrected chi connectivity index (χ4v) is 1.91. The predicted octanol–water partition coefficient (Wildman–Crippen LogP) is 0.122. The molecule has 0 aliphatic carbocycles. The van der Waals surface area contributed by atoms with Gasteiger partial charge >= 0.3 is 0 Å². The van der Waals surface area contributed by atoms with Crippen molar-refractivity contribution in [1.29, 1.82) is 0 Å². The van der Waals surface area contributed by atoms with Crippen LogP contribution in [0.25, 0.3) is 0 Å². The Morgan fingerprint density at radius 3 is 2.87 bits per heavy atom. The topological polar surface area (TPSA) is 63.4 Å². The van der Waals surface area contributed by atoms with Crippen LogP contribution in [0, 0.1) is 17.8 Å². The van der Waals surface area contributed by atoms with E-state index in [1.165, 1.54) is 0 Å². The lowest BCUT2D eigenvalue weighted by Gasteiger charge is -2.23. The van der Waals surface area contributed by atoms with E-state index in [0.717, 1.165) is 0 Å². The first-order valence-corrected chi connectivity index (χ1v) is 5.11. The molecular weight excluding hydrogens is 192 g/mol. The van der Waals surface area contributed by atoms with Crippen molar-refractivity contribution >= 4 is 11.8 Å². The molecule has 1 rings (SSSR count). The number of nitrogens with zero attached hydrogens (tertiary/aromatic N) is 1.